The molecule has 0 unspecified atom stereocenters. The summed E-state index contributed by atoms with van der Waals surface area (Å²) in [7, 11) is 0. The van der Waals surface area contributed by atoms with Crippen LogP contribution in [0, 0.1) is 5.92 Å². The van der Waals surface area contributed by atoms with Gasteiger partial charge in [-0.1, -0.05) is 38.5 Å². The monoisotopic (exact) mass is 483 g/mol. The van der Waals surface area contributed by atoms with Crippen LogP contribution in [0.2, 0.25) is 0 Å². The van der Waals surface area contributed by atoms with Crippen LogP contribution >= 0.6 is 0 Å². The number of carboxylic acid groups (broad SMARTS) is 1. The molecule has 2 aliphatic rings. The smallest absolute Gasteiger partial charge is 0.405 e. The maximum atomic E-state index is 14.1. The number of fused-ring (bicyclic) bond motifs is 3. The summed E-state index contributed by atoms with van der Waals surface area (Å²) >= 11 is 0. The Morgan fingerprint density at radius 2 is 2.03 bits per heavy atom. The molecule has 35 heavy (non-hydrogen) atoms. The Kier molecular flexibility index (Phi) is 6.73. The van der Waals surface area contributed by atoms with Crippen molar-refractivity contribution in [3.8, 4) is 0 Å². The van der Waals surface area contributed by atoms with Crippen molar-refractivity contribution >= 4 is 34.7 Å². The van der Waals surface area contributed by atoms with Crippen molar-refractivity contribution in [3.63, 3.8) is 0 Å². The van der Waals surface area contributed by atoms with E-state index in [4.69, 9.17) is 5.73 Å². The molecule has 10 heteroatoms. The van der Waals surface area contributed by atoms with E-state index in [1.54, 1.807) is 6.92 Å². The van der Waals surface area contributed by atoms with Gasteiger partial charge in [-0.25, -0.2) is 4.79 Å². The van der Waals surface area contributed by atoms with Gasteiger partial charge in [0, 0.05) is 29.6 Å². The first-order valence-corrected chi connectivity index (χ1v) is 12.2. The van der Waals surface area contributed by atoms with Crippen LogP contribution in [-0.4, -0.2) is 63.0 Å². The Balaban J connectivity index is 1.74. The highest BCUT2D eigenvalue weighted by Crippen LogP contribution is 2.36. The number of hydrogen-bond donors (Lipinski definition) is 5. The Hall–Kier alpha value is -3.56. The topological polar surface area (TPSA) is 158 Å². The van der Waals surface area contributed by atoms with Gasteiger partial charge in [0.25, 0.3) is 0 Å². The lowest BCUT2D eigenvalue weighted by Crippen LogP contribution is -2.66. The summed E-state index contributed by atoms with van der Waals surface area (Å²) < 4.78 is 0. The van der Waals surface area contributed by atoms with Crippen LogP contribution in [0.25, 0.3) is 10.9 Å². The summed E-state index contributed by atoms with van der Waals surface area (Å²) in [6, 6.07) is 6.06. The summed E-state index contributed by atoms with van der Waals surface area (Å²) in [4.78, 5) is 56.0. The van der Waals surface area contributed by atoms with Gasteiger partial charge in [-0.3, -0.25) is 14.4 Å². The highest BCUT2D eigenvalue weighted by Gasteiger charge is 2.49. The molecule has 1 saturated heterocycles. The number of primary amides is 1. The molecular formula is C25H33N5O5. The summed E-state index contributed by atoms with van der Waals surface area (Å²) in [6.45, 7) is 4.04. The highest BCUT2D eigenvalue weighted by molar-refractivity contribution is 5.98. The molecule has 0 saturated carbocycles. The minimum absolute atomic E-state index is 0.235. The van der Waals surface area contributed by atoms with Crippen molar-refractivity contribution in [1.29, 1.82) is 0 Å². The molecule has 1 aromatic heterocycles. The van der Waals surface area contributed by atoms with Crippen molar-refractivity contribution in [1.82, 2.24) is 20.5 Å². The van der Waals surface area contributed by atoms with Crippen LogP contribution in [0.5, 0.6) is 0 Å². The van der Waals surface area contributed by atoms with Gasteiger partial charge in [0.05, 0.1) is 0 Å². The van der Waals surface area contributed by atoms with Gasteiger partial charge < -0.3 is 31.4 Å². The zero-order valence-electron chi connectivity index (χ0n) is 20.1. The van der Waals surface area contributed by atoms with Gasteiger partial charge >= 0.3 is 6.09 Å². The average Bonchev–Trinajstić information content (AvgIpc) is 3.46. The number of nitrogens with zero attached hydrogens (tertiary/aromatic N) is 1. The minimum Gasteiger partial charge on any atom is -0.465 e. The third-order valence-electron chi connectivity index (χ3n) is 7.57. The van der Waals surface area contributed by atoms with Crippen molar-refractivity contribution in [2.75, 3.05) is 6.54 Å². The second kappa shape index (κ2) is 9.59. The first-order valence-electron chi connectivity index (χ1n) is 12.2. The number of amides is 4. The molecule has 1 aromatic carbocycles. The van der Waals surface area contributed by atoms with E-state index < -0.39 is 35.5 Å². The lowest BCUT2D eigenvalue weighted by molar-refractivity contribution is -0.146. The molecule has 1 aliphatic carbocycles. The van der Waals surface area contributed by atoms with E-state index in [1.165, 1.54) is 4.90 Å². The predicted molar refractivity (Wildman–Crippen MR) is 130 cm³/mol. The van der Waals surface area contributed by atoms with Gasteiger partial charge in [0.1, 0.15) is 17.6 Å². The fourth-order valence-electron chi connectivity index (χ4n) is 5.47. The molecule has 4 atom stereocenters. The van der Waals surface area contributed by atoms with Gasteiger partial charge in [-0.05, 0) is 43.2 Å². The summed E-state index contributed by atoms with van der Waals surface area (Å²) in [5, 5.41) is 15.6. The van der Waals surface area contributed by atoms with Crippen LogP contribution in [0.3, 0.4) is 0 Å². The van der Waals surface area contributed by atoms with Crippen LogP contribution in [-0.2, 0) is 27.2 Å². The third-order valence-corrected chi connectivity index (χ3v) is 7.57. The molecule has 0 spiro atoms. The largest absolute Gasteiger partial charge is 0.465 e. The molecule has 2 heterocycles. The molecule has 2 aromatic rings. The van der Waals surface area contributed by atoms with Crippen LogP contribution in [0.1, 0.15) is 50.8 Å². The summed E-state index contributed by atoms with van der Waals surface area (Å²) in [5.41, 5.74) is 7.19. The molecule has 1 aliphatic heterocycles. The molecule has 1 fully saturated rings. The maximum Gasteiger partial charge on any atom is 0.405 e. The standard InChI is InChI=1S/C25H33N5O5/c1-3-14(2)20(28-24(34)35)22(32)29-25(23(33)30-12-6-9-19(30)21(26)31)11-10-18-16(13-25)15-7-4-5-8-17(15)27-18/h4-5,7-8,14,19-20,27-28H,3,6,9-13H2,1-2H3,(H2,26,31)(H,29,32)(H,34,35)/t14-,19-,20-,25+/m0/s1. The second-order valence-corrected chi connectivity index (χ2v) is 9.75. The van der Waals surface area contributed by atoms with Crippen LogP contribution in [0.4, 0.5) is 4.79 Å². The van der Waals surface area contributed by atoms with Gasteiger partial charge in [0.15, 0.2) is 0 Å². The number of carbonyl (C=O) groups is 4. The van der Waals surface area contributed by atoms with Crippen LogP contribution < -0.4 is 16.4 Å². The van der Waals surface area contributed by atoms with Crippen molar-refractivity contribution in [3.05, 3.63) is 35.5 Å². The maximum absolute atomic E-state index is 14.1. The van der Waals surface area contributed by atoms with Crippen molar-refractivity contribution in [2.24, 2.45) is 11.7 Å². The number of nitrogens with two attached hydrogens (primary N) is 1. The van der Waals surface area contributed by atoms with E-state index in [0.29, 0.717) is 38.6 Å². The number of aryl methyl sites for hydroxylation is 1. The zero-order chi connectivity index (χ0) is 25.3. The van der Waals surface area contributed by atoms with E-state index in [0.717, 1.165) is 22.2 Å². The number of aromatic amines is 1. The third kappa shape index (κ3) is 4.56. The average molecular weight is 484 g/mol. The number of H-pyrrole nitrogens is 1. The van der Waals surface area contributed by atoms with Gasteiger partial charge in [0.2, 0.25) is 17.7 Å². The highest BCUT2D eigenvalue weighted by atomic mass is 16.4. The van der Waals surface area contributed by atoms with E-state index in [1.807, 2.05) is 31.2 Å². The number of hydrogen-bond acceptors (Lipinski definition) is 4. The fourth-order valence-corrected chi connectivity index (χ4v) is 5.47. The Morgan fingerprint density at radius 1 is 1.29 bits per heavy atom. The molecule has 4 amide bonds. The first kappa shape index (κ1) is 24.6. The molecule has 0 bridgehead atoms. The Bertz CT molecular complexity index is 1160. The quantitative estimate of drug-likeness (QED) is 0.405. The van der Waals surface area contributed by atoms with E-state index >= 15 is 0 Å². The van der Waals surface area contributed by atoms with E-state index in [2.05, 4.69) is 15.6 Å². The lowest BCUT2D eigenvalue weighted by Gasteiger charge is -2.41. The molecule has 4 rings (SSSR count). The lowest BCUT2D eigenvalue weighted by atomic mass is 9.78. The SMILES string of the molecule is CC[C@H](C)[C@H](NC(=O)O)C(=O)N[C@]1(C(=O)N2CCC[C@H]2C(N)=O)CCc2[nH]c3ccccc3c2C1. The summed E-state index contributed by atoms with van der Waals surface area (Å²) in [6.07, 6.45) is 1.48. The summed E-state index contributed by atoms with van der Waals surface area (Å²) in [5.74, 6) is -1.74. The normalized spacial score (nSPS) is 23.4. The molecule has 188 valence electrons. The molecular weight excluding hydrogens is 450 g/mol. The number of carbonyl (C=O) groups excluding carboxylic acids is 3. The molecule has 0 radical (unpaired) electrons. The number of likely N-dealkylation sites (tertiary alicyclic amines) is 1. The van der Waals surface area contributed by atoms with E-state index in [9.17, 15) is 24.3 Å². The number of nitrogens with one attached hydrogen (secondary N) is 3. The van der Waals surface area contributed by atoms with Crippen molar-refractivity contribution in [2.45, 2.75) is 70.0 Å². The number of rotatable bonds is 7. The predicted octanol–water partition coefficient (Wildman–Crippen LogP) is 1.67. The number of benzene rings is 1. The van der Waals surface area contributed by atoms with Gasteiger partial charge in [-0.2, -0.15) is 0 Å². The Labute approximate surface area is 203 Å². The van der Waals surface area contributed by atoms with Crippen molar-refractivity contribution < 1.29 is 24.3 Å². The number of para-hydroxylation sites is 1. The Morgan fingerprint density at radius 3 is 2.71 bits per heavy atom. The molecule has 10 nitrogen and oxygen atoms in total. The number of aromatic nitrogens is 1. The minimum atomic E-state index is -1.32. The molecule has 6 N–H and O–H groups in total. The van der Waals surface area contributed by atoms with Crippen LogP contribution in [0.15, 0.2) is 24.3 Å². The van der Waals surface area contributed by atoms with E-state index in [-0.39, 0.29) is 18.2 Å². The first-order chi connectivity index (χ1) is 16.7. The zero-order valence-corrected chi connectivity index (χ0v) is 20.1. The fraction of sp³-hybridized carbons (Fsp3) is 0.520. The van der Waals surface area contributed by atoms with Gasteiger partial charge in [-0.15, -0.1) is 0 Å². The second-order valence-electron chi connectivity index (χ2n) is 9.75.